The molecule has 3 nitrogen and oxygen atoms in total. The van der Waals surface area contributed by atoms with Crippen molar-refractivity contribution in [2.75, 3.05) is 13.3 Å². The first-order chi connectivity index (χ1) is 12.8. The molecule has 0 spiro atoms. The number of piperidine rings is 1. The molecular weight excluding hydrogens is 322 g/mol. The third-order valence-corrected chi connectivity index (χ3v) is 5.96. The molecule has 0 aromatic heterocycles. The number of rotatable bonds is 5. The van der Waals surface area contributed by atoms with Crippen molar-refractivity contribution in [3.8, 4) is 0 Å². The molecule has 0 amide bonds. The summed E-state index contributed by atoms with van der Waals surface area (Å²) in [5, 5.41) is 0. The SMILES string of the molecule is CCOCN1C(c2ccccc2)C2CCCC(C2=O)C1c1ccccc1. The first-order valence-corrected chi connectivity index (χ1v) is 9.78. The van der Waals surface area contributed by atoms with Crippen LogP contribution in [0.4, 0.5) is 0 Å². The van der Waals surface area contributed by atoms with Gasteiger partial charge in [0.05, 0.1) is 0 Å². The van der Waals surface area contributed by atoms with Gasteiger partial charge in [-0.2, -0.15) is 0 Å². The average molecular weight is 349 g/mol. The van der Waals surface area contributed by atoms with Crippen molar-refractivity contribution in [1.29, 1.82) is 0 Å². The maximum atomic E-state index is 13.3. The number of benzene rings is 2. The standard InChI is InChI=1S/C23H27NO2/c1-2-26-16-24-21(17-10-5-3-6-11-17)19-14-9-15-20(23(19)25)22(24)18-12-7-4-8-13-18/h3-8,10-13,19-22H,2,9,14-16H2,1H3. The summed E-state index contributed by atoms with van der Waals surface area (Å²) >= 11 is 0. The van der Waals surface area contributed by atoms with E-state index in [9.17, 15) is 4.79 Å². The van der Waals surface area contributed by atoms with Crippen LogP contribution in [-0.2, 0) is 9.53 Å². The van der Waals surface area contributed by atoms with Gasteiger partial charge in [0, 0.05) is 30.5 Å². The summed E-state index contributed by atoms with van der Waals surface area (Å²) in [7, 11) is 0. The van der Waals surface area contributed by atoms with Crippen LogP contribution in [0.5, 0.6) is 0 Å². The topological polar surface area (TPSA) is 29.5 Å². The molecule has 1 saturated heterocycles. The molecule has 0 N–H and O–H groups in total. The van der Waals surface area contributed by atoms with Gasteiger partial charge in [0.2, 0.25) is 0 Å². The fourth-order valence-corrected chi connectivity index (χ4v) is 4.88. The third-order valence-electron chi connectivity index (χ3n) is 5.96. The maximum absolute atomic E-state index is 13.3. The molecule has 2 aliphatic rings. The molecule has 136 valence electrons. The number of ketones is 1. The zero-order chi connectivity index (χ0) is 17.9. The second-order valence-corrected chi connectivity index (χ2v) is 7.39. The van der Waals surface area contributed by atoms with Crippen molar-refractivity contribution in [3.05, 3.63) is 71.8 Å². The second kappa shape index (κ2) is 7.73. The van der Waals surface area contributed by atoms with E-state index >= 15 is 0 Å². The number of carbonyl (C=O) groups is 1. The van der Waals surface area contributed by atoms with Crippen LogP contribution in [0.3, 0.4) is 0 Å². The lowest BCUT2D eigenvalue weighted by Crippen LogP contribution is -2.53. The second-order valence-electron chi connectivity index (χ2n) is 7.39. The van der Waals surface area contributed by atoms with Crippen LogP contribution in [-0.4, -0.2) is 24.0 Å². The van der Waals surface area contributed by atoms with Crippen molar-refractivity contribution >= 4 is 5.78 Å². The van der Waals surface area contributed by atoms with Crippen molar-refractivity contribution in [2.45, 2.75) is 38.3 Å². The summed E-state index contributed by atoms with van der Waals surface area (Å²) < 4.78 is 5.89. The van der Waals surface area contributed by atoms with Gasteiger partial charge in [-0.3, -0.25) is 9.69 Å². The molecule has 4 rings (SSSR count). The quantitative estimate of drug-likeness (QED) is 0.779. The molecular formula is C23H27NO2. The monoisotopic (exact) mass is 349 g/mol. The molecule has 1 aliphatic carbocycles. The van der Waals surface area contributed by atoms with Gasteiger partial charge in [0.1, 0.15) is 12.5 Å². The number of nitrogens with zero attached hydrogens (tertiary/aromatic N) is 1. The van der Waals surface area contributed by atoms with Crippen molar-refractivity contribution in [1.82, 2.24) is 4.90 Å². The van der Waals surface area contributed by atoms with Gasteiger partial charge in [-0.15, -0.1) is 0 Å². The first kappa shape index (κ1) is 17.4. The van der Waals surface area contributed by atoms with Crippen molar-refractivity contribution < 1.29 is 9.53 Å². The van der Waals surface area contributed by atoms with E-state index in [0.717, 1.165) is 19.3 Å². The number of carbonyl (C=O) groups excluding carboxylic acids is 1. The van der Waals surface area contributed by atoms with Crippen LogP contribution in [0, 0.1) is 11.8 Å². The number of likely N-dealkylation sites (tertiary alicyclic amines) is 1. The van der Waals surface area contributed by atoms with Gasteiger partial charge in [-0.1, -0.05) is 67.1 Å². The minimum absolute atomic E-state index is 0.0802. The van der Waals surface area contributed by atoms with Gasteiger partial charge in [0.15, 0.2) is 0 Å². The number of Topliss-reactive ketones (excluding diaryl/α,β-unsaturated/α-hetero) is 1. The molecule has 26 heavy (non-hydrogen) atoms. The first-order valence-electron chi connectivity index (χ1n) is 9.78. The molecule has 0 radical (unpaired) electrons. The highest BCUT2D eigenvalue weighted by atomic mass is 16.5. The van der Waals surface area contributed by atoms with Crippen LogP contribution >= 0.6 is 0 Å². The smallest absolute Gasteiger partial charge is 0.142 e. The number of ether oxygens (including phenoxy) is 1. The third kappa shape index (κ3) is 3.10. The Morgan fingerprint density at radius 3 is 1.85 bits per heavy atom. The lowest BCUT2D eigenvalue weighted by molar-refractivity contribution is -0.152. The Morgan fingerprint density at radius 1 is 0.885 bits per heavy atom. The minimum atomic E-state index is 0.0802. The Balaban J connectivity index is 1.81. The molecule has 2 aromatic carbocycles. The molecule has 1 saturated carbocycles. The average Bonchev–Trinajstić information content (AvgIpc) is 2.68. The number of fused-ring (bicyclic) bond motifs is 2. The van der Waals surface area contributed by atoms with Crippen LogP contribution in [0.2, 0.25) is 0 Å². The molecule has 2 fully saturated rings. The highest BCUT2D eigenvalue weighted by molar-refractivity contribution is 5.87. The van der Waals surface area contributed by atoms with E-state index in [1.165, 1.54) is 11.1 Å². The van der Waals surface area contributed by atoms with E-state index in [0.29, 0.717) is 19.1 Å². The van der Waals surface area contributed by atoms with E-state index in [2.05, 4.69) is 53.4 Å². The minimum Gasteiger partial charge on any atom is -0.366 e. The van der Waals surface area contributed by atoms with E-state index < -0.39 is 0 Å². The fraction of sp³-hybridized carbons (Fsp3) is 0.435. The predicted molar refractivity (Wildman–Crippen MR) is 103 cm³/mol. The Kier molecular flexibility index (Phi) is 5.18. The maximum Gasteiger partial charge on any atom is 0.142 e. The molecule has 1 aliphatic heterocycles. The van der Waals surface area contributed by atoms with E-state index in [1.54, 1.807) is 0 Å². The number of hydrogen-bond acceptors (Lipinski definition) is 3. The molecule has 2 bridgehead atoms. The molecule has 4 unspecified atom stereocenters. The lowest BCUT2D eigenvalue weighted by Gasteiger charge is -2.51. The van der Waals surface area contributed by atoms with E-state index in [1.807, 2.05) is 19.1 Å². The van der Waals surface area contributed by atoms with Gasteiger partial charge >= 0.3 is 0 Å². The zero-order valence-corrected chi connectivity index (χ0v) is 15.4. The fourth-order valence-electron chi connectivity index (χ4n) is 4.88. The lowest BCUT2D eigenvalue weighted by atomic mass is 9.66. The van der Waals surface area contributed by atoms with Gasteiger partial charge in [-0.25, -0.2) is 0 Å². The molecule has 4 atom stereocenters. The van der Waals surface area contributed by atoms with Gasteiger partial charge in [-0.05, 0) is 30.9 Å². The Bertz CT molecular complexity index is 673. The van der Waals surface area contributed by atoms with E-state index in [-0.39, 0.29) is 23.9 Å². The Morgan fingerprint density at radius 2 is 1.38 bits per heavy atom. The zero-order valence-electron chi connectivity index (χ0n) is 15.4. The highest BCUT2D eigenvalue weighted by Gasteiger charge is 2.51. The Labute approximate surface area is 156 Å². The van der Waals surface area contributed by atoms with Crippen LogP contribution < -0.4 is 0 Å². The predicted octanol–water partition coefficient (Wildman–Crippen LogP) is 4.76. The summed E-state index contributed by atoms with van der Waals surface area (Å²) in [5.74, 6) is 0.611. The summed E-state index contributed by atoms with van der Waals surface area (Å²) in [6.07, 6.45) is 3.11. The van der Waals surface area contributed by atoms with Gasteiger partial charge < -0.3 is 4.74 Å². The molecule has 2 aromatic rings. The summed E-state index contributed by atoms with van der Waals surface area (Å²) in [6.45, 7) is 3.28. The van der Waals surface area contributed by atoms with Crippen LogP contribution in [0.25, 0.3) is 0 Å². The normalized spacial score (nSPS) is 28.9. The van der Waals surface area contributed by atoms with Crippen LogP contribution in [0.15, 0.2) is 60.7 Å². The summed E-state index contributed by atoms with van der Waals surface area (Å²) in [4.78, 5) is 15.8. The molecule has 1 heterocycles. The van der Waals surface area contributed by atoms with Crippen LogP contribution in [0.1, 0.15) is 49.4 Å². The van der Waals surface area contributed by atoms with Crippen molar-refractivity contribution in [3.63, 3.8) is 0 Å². The van der Waals surface area contributed by atoms with E-state index in [4.69, 9.17) is 4.74 Å². The largest absolute Gasteiger partial charge is 0.366 e. The summed E-state index contributed by atoms with van der Waals surface area (Å²) in [6, 6.07) is 21.2. The Hall–Kier alpha value is -1.97. The van der Waals surface area contributed by atoms with Crippen molar-refractivity contribution in [2.24, 2.45) is 11.8 Å². The summed E-state index contributed by atoms with van der Waals surface area (Å²) in [5.41, 5.74) is 2.46. The highest BCUT2D eigenvalue weighted by Crippen LogP contribution is 2.51. The van der Waals surface area contributed by atoms with Gasteiger partial charge in [0.25, 0.3) is 0 Å². The number of hydrogen-bond donors (Lipinski definition) is 0. The molecule has 3 heteroatoms.